The van der Waals surface area contributed by atoms with Crippen LogP contribution < -0.4 is 4.67 Å². The molecule has 0 amide bonds. The molecular formula is C15H25N2OP. The lowest BCUT2D eigenvalue weighted by Crippen LogP contribution is -2.42. The van der Waals surface area contributed by atoms with Crippen molar-refractivity contribution in [1.29, 1.82) is 0 Å². The lowest BCUT2D eigenvalue weighted by atomic mass is 9.81. The number of benzene rings is 1. The van der Waals surface area contributed by atoms with Crippen molar-refractivity contribution in [3.8, 4) is 0 Å². The van der Waals surface area contributed by atoms with E-state index in [4.69, 9.17) is 4.52 Å². The van der Waals surface area contributed by atoms with E-state index in [-0.39, 0.29) is 5.41 Å². The van der Waals surface area contributed by atoms with Crippen molar-refractivity contribution in [2.45, 2.75) is 20.8 Å². The standard InChI is InChI=1S/C15H25N2OP/c1-15(2,3)13-11-17(14-9-7-6-8-10-14)19(16(4)5)18-12-13/h6-10,13H,11-12H2,1-5H3/t13-,19-/m0/s1. The molecule has 19 heavy (non-hydrogen) atoms. The molecule has 1 saturated heterocycles. The summed E-state index contributed by atoms with van der Waals surface area (Å²) in [6, 6.07) is 10.6. The van der Waals surface area contributed by atoms with Gasteiger partial charge in [-0.3, -0.25) is 0 Å². The summed E-state index contributed by atoms with van der Waals surface area (Å²) in [5, 5.41) is 0. The highest BCUT2D eigenvalue weighted by Gasteiger charge is 2.36. The van der Waals surface area contributed by atoms with Crippen molar-refractivity contribution >= 4 is 14.1 Å². The van der Waals surface area contributed by atoms with Crippen LogP contribution in [-0.2, 0) is 4.52 Å². The van der Waals surface area contributed by atoms with Gasteiger partial charge in [0.2, 0.25) is 8.45 Å². The molecule has 0 spiro atoms. The Morgan fingerprint density at radius 1 is 1.21 bits per heavy atom. The quantitative estimate of drug-likeness (QED) is 0.762. The predicted molar refractivity (Wildman–Crippen MR) is 83.3 cm³/mol. The average molecular weight is 280 g/mol. The van der Waals surface area contributed by atoms with Gasteiger partial charge in [0.1, 0.15) is 0 Å². The normalized spacial score (nSPS) is 24.8. The minimum atomic E-state index is -0.678. The van der Waals surface area contributed by atoms with Gasteiger partial charge < -0.3 is 9.19 Å². The zero-order valence-corrected chi connectivity index (χ0v) is 13.5. The maximum absolute atomic E-state index is 6.16. The number of para-hydroxylation sites is 1. The summed E-state index contributed by atoms with van der Waals surface area (Å²) in [4.78, 5) is 0. The van der Waals surface area contributed by atoms with Crippen LogP contribution in [0.3, 0.4) is 0 Å². The molecule has 1 heterocycles. The molecule has 106 valence electrons. The maximum Gasteiger partial charge on any atom is 0.217 e. The second-order valence-corrected chi connectivity index (χ2v) is 8.42. The molecule has 1 fully saturated rings. The van der Waals surface area contributed by atoms with Crippen LogP contribution in [0, 0.1) is 11.3 Å². The van der Waals surface area contributed by atoms with Crippen molar-refractivity contribution in [1.82, 2.24) is 4.67 Å². The van der Waals surface area contributed by atoms with Gasteiger partial charge in [0, 0.05) is 18.2 Å². The molecule has 3 nitrogen and oxygen atoms in total. The second-order valence-electron chi connectivity index (χ2n) is 6.38. The summed E-state index contributed by atoms with van der Waals surface area (Å²) in [5.41, 5.74) is 1.54. The Kier molecular flexibility index (Phi) is 4.50. The smallest absolute Gasteiger partial charge is 0.217 e. The Bertz CT molecular complexity index is 402. The van der Waals surface area contributed by atoms with Crippen molar-refractivity contribution < 1.29 is 4.52 Å². The van der Waals surface area contributed by atoms with Gasteiger partial charge in [0.05, 0.1) is 6.61 Å². The fourth-order valence-electron chi connectivity index (χ4n) is 2.22. The molecule has 4 heteroatoms. The van der Waals surface area contributed by atoms with Gasteiger partial charge in [-0.1, -0.05) is 39.0 Å². The minimum absolute atomic E-state index is 0.279. The van der Waals surface area contributed by atoms with Crippen LogP contribution in [0.25, 0.3) is 0 Å². The Labute approximate surface area is 118 Å². The van der Waals surface area contributed by atoms with Crippen LogP contribution in [0.5, 0.6) is 0 Å². The number of rotatable bonds is 2. The van der Waals surface area contributed by atoms with E-state index in [9.17, 15) is 0 Å². The van der Waals surface area contributed by atoms with Crippen molar-refractivity contribution in [3.05, 3.63) is 30.3 Å². The Morgan fingerprint density at radius 2 is 1.84 bits per heavy atom. The summed E-state index contributed by atoms with van der Waals surface area (Å²) < 4.78 is 10.8. The largest absolute Gasteiger partial charge is 0.327 e. The average Bonchev–Trinajstić information content (AvgIpc) is 2.38. The van der Waals surface area contributed by atoms with E-state index in [1.165, 1.54) is 5.69 Å². The topological polar surface area (TPSA) is 15.7 Å². The molecule has 0 saturated carbocycles. The highest BCUT2D eigenvalue weighted by molar-refractivity contribution is 7.51. The summed E-state index contributed by atoms with van der Waals surface area (Å²) in [5.74, 6) is 0.561. The lowest BCUT2D eigenvalue weighted by molar-refractivity contribution is 0.141. The summed E-state index contributed by atoms with van der Waals surface area (Å²) in [7, 11) is 3.52. The van der Waals surface area contributed by atoms with Crippen molar-refractivity contribution in [3.63, 3.8) is 0 Å². The van der Waals surface area contributed by atoms with Gasteiger partial charge in [-0.25, -0.2) is 4.67 Å². The third-order valence-electron chi connectivity index (χ3n) is 3.61. The van der Waals surface area contributed by atoms with Crippen molar-refractivity contribution in [2.24, 2.45) is 11.3 Å². The Balaban J connectivity index is 2.23. The predicted octanol–water partition coefficient (Wildman–Crippen LogP) is 3.97. The summed E-state index contributed by atoms with van der Waals surface area (Å²) >= 11 is 0. The van der Waals surface area contributed by atoms with E-state index in [2.05, 4.69) is 74.5 Å². The zero-order chi connectivity index (χ0) is 14.0. The molecule has 1 aliphatic heterocycles. The number of hydrogen-bond donors (Lipinski definition) is 0. The van der Waals surface area contributed by atoms with E-state index in [1.807, 2.05) is 0 Å². The zero-order valence-electron chi connectivity index (χ0n) is 12.6. The molecule has 0 aromatic heterocycles. The van der Waals surface area contributed by atoms with Crippen LogP contribution >= 0.6 is 8.45 Å². The molecule has 1 aromatic rings. The summed E-state index contributed by atoms with van der Waals surface area (Å²) in [6.07, 6.45) is 0. The van der Waals surface area contributed by atoms with E-state index in [1.54, 1.807) is 0 Å². The molecule has 1 aromatic carbocycles. The molecule has 0 aliphatic carbocycles. The number of hydrogen-bond acceptors (Lipinski definition) is 3. The number of nitrogens with zero attached hydrogens (tertiary/aromatic N) is 2. The highest BCUT2D eigenvalue weighted by Crippen LogP contribution is 2.51. The first-order valence-corrected chi connectivity index (χ1v) is 7.99. The fourth-order valence-corrected chi connectivity index (χ4v) is 4.00. The third kappa shape index (κ3) is 3.47. The Hall–Kier alpha value is -0.630. The van der Waals surface area contributed by atoms with Crippen molar-refractivity contribution in [2.75, 3.05) is 31.9 Å². The van der Waals surface area contributed by atoms with Crippen LogP contribution in [0.4, 0.5) is 5.69 Å². The molecule has 0 bridgehead atoms. The SMILES string of the molecule is CN(C)[P@]1OC[C@@H](C(C)(C)C)CN1c1ccccc1. The van der Waals surface area contributed by atoms with Gasteiger partial charge in [0.25, 0.3) is 0 Å². The first kappa shape index (κ1) is 14.8. The third-order valence-corrected chi connectivity index (χ3v) is 5.48. The first-order chi connectivity index (χ1) is 8.89. The summed E-state index contributed by atoms with van der Waals surface area (Å²) in [6.45, 7) is 8.82. The van der Waals surface area contributed by atoms with Gasteiger partial charge in [-0.05, 0) is 31.6 Å². The number of anilines is 1. The van der Waals surface area contributed by atoms with Gasteiger partial charge >= 0.3 is 0 Å². The molecular weight excluding hydrogens is 255 g/mol. The maximum atomic E-state index is 6.16. The molecule has 0 radical (unpaired) electrons. The monoisotopic (exact) mass is 280 g/mol. The minimum Gasteiger partial charge on any atom is -0.327 e. The van der Waals surface area contributed by atoms with E-state index >= 15 is 0 Å². The Morgan fingerprint density at radius 3 is 2.37 bits per heavy atom. The van der Waals surface area contributed by atoms with E-state index < -0.39 is 8.45 Å². The van der Waals surface area contributed by atoms with Gasteiger partial charge in [-0.15, -0.1) is 0 Å². The molecule has 2 rings (SSSR count). The fraction of sp³-hybridized carbons (Fsp3) is 0.600. The van der Waals surface area contributed by atoms with Crippen LogP contribution in [0.1, 0.15) is 20.8 Å². The van der Waals surface area contributed by atoms with Gasteiger partial charge in [-0.2, -0.15) is 0 Å². The van der Waals surface area contributed by atoms with E-state index in [0.717, 1.165) is 13.2 Å². The van der Waals surface area contributed by atoms with E-state index in [0.29, 0.717) is 5.92 Å². The van der Waals surface area contributed by atoms with Crippen LogP contribution in [0.2, 0.25) is 0 Å². The van der Waals surface area contributed by atoms with Crippen LogP contribution in [0.15, 0.2) is 30.3 Å². The molecule has 0 unspecified atom stereocenters. The lowest BCUT2D eigenvalue weighted by Gasteiger charge is -2.46. The molecule has 2 atom stereocenters. The van der Waals surface area contributed by atoms with Crippen LogP contribution in [-0.4, -0.2) is 31.9 Å². The molecule has 1 aliphatic rings. The second kappa shape index (κ2) is 5.78. The molecule has 0 N–H and O–H groups in total. The first-order valence-electron chi connectivity index (χ1n) is 6.82. The van der Waals surface area contributed by atoms with Gasteiger partial charge in [0.15, 0.2) is 0 Å². The highest BCUT2D eigenvalue weighted by atomic mass is 31.2.